The minimum absolute atomic E-state index is 0. The Hall–Kier alpha value is -2.50. The second-order valence-electron chi connectivity index (χ2n) is 6.64. The highest BCUT2D eigenvalue weighted by atomic mass is 35.5. The number of halogens is 1. The maximum absolute atomic E-state index is 12.1. The van der Waals surface area contributed by atoms with E-state index in [2.05, 4.69) is 45.4 Å². The highest BCUT2D eigenvalue weighted by Crippen LogP contribution is 2.28. The molecular weight excluding hydrogens is 362 g/mol. The first-order valence-electron chi connectivity index (χ1n) is 9.00. The number of hydrogen-bond donors (Lipinski definition) is 1. The van der Waals surface area contributed by atoms with E-state index in [0.29, 0.717) is 11.3 Å². The number of rotatable bonds is 4. The van der Waals surface area contributed by atoms with Crippen molar-refractivity contribution >= 4 is 34.8 Å². The second kappa shape index (κ2) is 8.46. The predicted molar refractivity (Wildman–Crippen MR) is 113 cm³/mol. The fourth-order valence-electron chi connectivity index (χ4n) is 3.54. The van der Waals surface area contributed by atoms with Crippen molar-refractivity contribution in [1.82, 2.24) is 4.90 Å². The molecular formula is C21H24ClN3O2. The third kappa shape index (κ3) is 4.10. The third-order valence-electron chi connectivity index (χ3n) is 4.97. The summed E-state index contributed by atoms with van der Waals surface area (Å²) in [7, 11) is 1.73. The first kappa shape index (κ1) is 19.3. The largest absolute Gasteiger partial charge is 0.419 e. The number of fused-ring (bicyclic) bond motifs is 1. The second-order valence-corrected chi connectivity index (χ2v) is 6.64. The number of hydrogen-bond acceptors (Lipinski definition) is 5. The molecule has 1 N–H and O–H groups in total. The van der Waals surface area contributed by atoms with E-state index >= 15 is 0 Å². The molecule has 0 bridgehead atoms. The standard InChI is InChI=1S/C21H23N3O2.ClH/c1-22-18-14-17-8-5-9-19(20(17)26-21(18)25)24-12-10-23(11-13-24)15-16-6-3-2-4-7-16;/h2-9,14,22H,10-13,15H2,1H3;1H. The van der Waals surface area contributed by atoms with Gasteiger partial charge < -0.3 is 14.6 Å². The topological polar surface area (TPSA) is 48.7 Å². The van der Waals surface area contributed by atoms with E-state index in [1.165, 1.54) is 5.56 Å². The van der Waals surface area contributed by atoms with Gasteiger partial charge in [-0.3, -0.25) is 4.90 Å². The molecule has 3 aromatic rings. The lowest BCUT2D eigenvalue weighted by Crippen LogP contribution is -2.46. The van der Waals surface area contributed by atoms with Crippen molar-refractivity contribution in [2.45, 2.75) is 6.54 Å². The van der Waals surface area contributed by atoms with Gasteiger partial charge >= 0.3 is 5.63 Å². The summed E-state index contributed by atoms with van der Waals surface area (Å²) >= 11 is 0. The first-order chi connectivity index (χ1) is 12.7. The summed E-state index contributed by atoms with van der Waals surface area (Å²) in [6.45, 7) is 4.80. The van der Waals surface area contributed by atoms with Crippen LogP contribution in [0.25, 0.3) is 11.0 Å². The van der Waals surface area contributed by atoms with Crippen LogP contribution in [0.5, 0.6) is 0 Å². The molecule has 0 radical (unpaired) electrons. The van der Waals surface area contributed by atoms with Crippen LogP contribution in [-0.2, 0) is 6.54 Å². The minimum Gasteiger partial charge on any atom is -0.419 e. The highest BCUT2D eigenvalue weighted by Gasteiger charge is 2.20. The molecule has 5 nitrogen and oxygen atoms in total. The molecule has 0 aliphatic carbocycles. The van der Waals surface area contributed by atoms with Gasteiger partial charge in [-0.2, -0.15) is 0 Å². The molecule has 0 saturated carbocycles. The predicted octanol–water partition coefficient (Wildman–Crippen LogP) is 3.58. The van der Waals surface area contributed by atoms with Gasteiger partial charge in [0.05, 0.1) is 5.69 Å². The molecule has 0 spiro atoms. The Labute approximate surface area is 165 Å². The SMILES string of the molecule is CNc1cc2cccc(N3CCN(Cc4ccccc4)CC3)c2oc1=O.Cl. The number of nitrogens with zero attached hydrogens (tertiary/aromatic N) is 2. The summed E-state index contributed by atoms with van der Waals surface area (Å²) in [6, 6.07) is 18.5. The van der Waals surface area contributed by atoms with Crippen LogP contribution in [0.3, 0.4) is 0 Å². The Balaban J connectivity index is 0.00000210. The van der Waals surface area contributed by atoms with Crippen molar-refractivity contribution in [2.24, 2.45) is 0 Å². The smallest absolute Gasteiger partial charge is 0.359 e. The van der Waals surface area contributed by atoms with E-state index in [-0.39, 0.29) is 18.0 Å². The molecule has 1 saturated heterocycles. The monoisotopic (exact) mass is 385 g/mol. The Morgan fingerprint density at radius 1 is 1.00 bits per heavy atom. The molecule has 0 amide bonds. The van der Waals surface area contributed by atoms with E-state index in [1.54, 1.807) is 7.05 Å². The van der Waals surface area contributed by atoms with Crippen LogP contribution in [0, 0.1) is 0 Å². The summed E-state index contributed by atoms with van der Waals surface area (Å²) in [5, 5.41) is 3.83. The zero-order chi connectivity index (χ0) is 17.9. The summed E-state index contributed by atoms with van der Waals surface area (Å²) in [6.07, 6.45) is 0. The lowest BCUT2D eigenvalue weighted by Gasteiger charge is -2.36. The van der Waals surface area contributed by atoms with E-state index in [1.807, 2.05) is 24.3 Å². The Bertz CT molecular complexity index is 951. The number of anilines is 2. The van der Waals surface area contributed by atoms with Crippen molar-refractivity contribution in [3.63, 3.8) is 0 Å². The fraction of sp³-hybridized carbons (Fsp3) is 0.286. The average molecular weight is 386 g/mol. The Kier molecular flexibility index (Phi) is 6.04. The van der Waals surface area contributed by atoms with Crippen molar-refractivity contribution in [3.05, 3.63) is 70.6 Å². The average Bonchev–Trinajstić information content (AvgIpc) is 2.68. The lowest BCUT2D eigenvalue weighted by atomic mass is 10.1. The van der Waals surface area contributed by atoms with E-state index in [4.69, 9.17) is 4.42 Å². The molecule has 142 valence electrons. The zero-order valence-corrected chi connectivity index (χ0v) is 16.2. The molecule has 27 heavy (non-hydrogen) atoms. The Morgan fingerprint density at radius 3 is 2.44 bits per heavy atom. The van der Waals surface area contributed by atoms with Gasteiger partial charge in [-0.05, 0) is 17.7 Å². The van der Waals surface area contributed by atoms with Gasteiger partial charge in [0.25, 0.3) is 0 Å². The van der Waals surface area contributed by atoms with Crippen LogP contribution in [0.2, 0.25) is 0 Å². The first-order valence-corrected chi connectivity index (χ1v) is 9.00. The maximum atomic E-state index is 12.1. The van der Waals surface area contributed by atoms with Gasteiger partial charge in [-0.1, -0.05) is 42.5 Å². The van der Waals surface area contributed by atoms with Gasteiger partial charge in [-0.15, -0.1) is 12.4 Å². The van der Waals surface area contributed by atoms with Gasteiger partial charge in [0, 0.05) is 45.2 Å². The van der Waals surface area contributed by atoms with Gasteiger partial charge in [-0.25, -0.2) is 4.79 Å². The van der Waals surface area contributed by atoms with Crippen LogP contribution in [0.15, 0.2) is 63.8 Å². The molecule has 0 atom stereocenters. The van der Waals surface area contributed by atoms with Gasteiger partial charge in [0.1, 0.15) is 5.69 Å². The number of nitrogens with one attached hydrogen (secondary N) is 1. The molecule has 2 aromatic carbocycles. The third-order valence-corrected chi connectivity index (χ3v) is 4.97. The van der Waals surface area contributed by atoms with Crippen molar-refractivity contribution in [1.29, 1.82) is 0 Å². The molecule has 1 aliphatic rings. The van der Waals surface area contributed by atoms with Crippen LogP contribution < -0.4 is 15.8 Å². The molecule has 1 fully saturated rings. The van der Waals surface area contributed by atoms with Gasteiger partial charge in [0.15, 0.2) is 5.58 Å². The highest BCUT2D eigenvalue weighted by molar-refractivity contribution is 5.90. The zero-order valence-electron chi connectivity index (χ0n) is 15.4. The molecule has 2 heterocycles. The molecule has 6 heteroatoms. The van der Waals surface area contributed by atoms with Crippen molar-refractivity contribution in [2.75, 3.05) is 43.4 Å². The summed E-state index contributed by atoms with van der Waals surface area (Å²) in [5.74, 6) is 0. The van der Waals surface area contributed by atoms with Gasteiger partial charge in [0.2, 0.25) is 0 Å². The molecule has 1 aliphatic heterocycles. The van der Waals surface area contributed by atoms with Crippen molar-refractivity contribution in [3.8, 4) is 0 Å². The van der Waals surface area contributed by atoms with E-state index in [0.717, 1.165) is 43.8 Å². The normalized spacial score (nSPS) is 14.8. The quantitative estimate of drug-likeness (QED) is 0.695. The minimum atomic E-state index is -0.324. The fourth-order valence-corrected chi connectivity index (χ4v) is 3.54. The maximum Gasteiger partial charge on any atom is 0.359 e. The van der Waals surface area contributed by atoms with E-state index in [9.17, 15) is 4.79 Å². The summed E-state index contributed by atoms with van der Waals surface area (Å²) in [4.78, 5) is 16.9. The lowest BCUT2D eigenvalue weighted by molar-refractivity contribution is 0.250. The number of piperazine rings is 1. The van der Waals surface area contributed by atoms with Crippen LogP contribution in [-0.4, -0.2) is 38.1 Å². The molecule has 0 unspecified atom stereocenters. The Morgan fingerprint density at radius 2 is 1.74 bits per heavy atom. The molecule has 1 aromatic heterocycles. The number of para-hydroxylation sites is 1. The molecule has 4 rings (SSSR count). The number of benzene rings is 2. The van der Waals surface area contributed by atoms with Crippen LogP contribution in [0.1, 0.15) is 5.56 Å². The van der Waals surface area contributed by atoms with E-state index < -0.39 is 0 Å². The van der Waals surface area contributed by atoms with Crippen molar-refractivity contribution < 1.29 is 4.42 Å². The van der Waals surface area contributed by atoms with Crippen LogP contribution >= 0.6 is 12.4 Å². The van der Waals surface area contributed by atoms with Crippen LogP contribution in [0.4, 0.5) is 11.4 Å². The summed E-state index contributed by atoms with van der Waals surface area (Å²) in [5.41, 5.74) is 3.18. The summed E-state index contributed by atoms with van der Waals surface area (Å²) < 4.78 is 5.62.